The van der Waals surface area contributed by atoms with Crippen LogP contribution in [-0.2, 0) is 0 Å². The van der Waals surface area contributed by atoms with Crippen molar-refractivity contribution in [3.8, 4) is 0 Å². The number of nitrogens with one attached hydrogen (secondary N) is 1. The van der Waals surface area contributed by atoms with Gasteiger partial charge in [-0.25, -0.2) is 4.98 Å². The monoisotopic (exact) mass is 257 g/mol. The first-order valence-corrected chi connectivity index (χ1v) is 5.34. The molecule has 1 rings (SSSR count). The minimum atomic E-state index is -0.119. The average molecular weight is 258 g/mol. The van der Waals surface area contributed by atoms with Gasteiger partial charge in [0, 0.05) is 22.8 Å². The SMILES string of the molecule is Cc1cc(Br)cnc1NC(C)(C)CN. The normalized spacial score (nSPS) is 11.5. The summed E-state index contributed by atoms with van der Waals surface area (Å²) in [5.74, 6) is 0.892. The van der Waals surface area contributed by atoms with E-state index in [9.17, 15) is 0 Å². The van der Waals surface area contributed by atoms with Gasteiger partial charge in [-0.15, -0.1) is 0 Å². The fourth-order valence-electron chi connectivity index (χ4n) is 1.04. The fourth-order valence-corrected chi connectivity index (χ4v) is 1.49. The summed E-state index contributed by atoms with van der Waals surface area (Å²) >= 11 is 3.38. The fraction of sp³-hybridized carbons (Fsp3) is 0.500. The van der Waals surface area contributed by atoms with Crippen molar-refractivity contribution >= 4 is 21.7 Å². The Hall–Kier alpha value is -0.610. The maximum Gasteiger partial charge on any atom is 0.129 e. The molecule has 0 aliphatic heterocycles. The number of rotatable bonds is 3. The molecular weight excluding hydrogens is 242 g/mol. The lowest BCUT2D eigenvalue weighted by molar-refractivity contribution is 0.576. The third-order valence-corrected chi connectivity index (χ3v) is 2.45. The van der Waals surface area contributed by atoms with Crippen molar-refractivity contribution in [2.24, 2.45) is 5.73 Å². The Morgan fingerprint density at radius 2 is 2.21 bits per heavy atom. The van der Waals surface area contributed by atoms with E-state index in [1.54, 1.807) is 6.20 Å². The standard InChI is InChI=1S/C10H16BrN3/c1-7-4-8(11)5-13-9(7)14-10(2,3)6-12/h4-5H,6,12H2,1-3H3,(H,13,14). The van der Waals surface area contributed by atoms with Gasteiger partial charge < -0.3 is 11.1 Å². The van der Waals surface area contributed by atoms with Crippen LogP contribution in [0.3, 0.4) is 0 Å². The lowest BCUT2D eigenvalue weighted by Gasteiger charge is -2.25. The highest BCUT2D eigenvalue weighted by Gasteiger charge is 2.16. The van der Waals surface area contributed by atoms with Gasteiger partial charge in [-0.1, -0.05) is 0 Å². The Balaban J connectivity index is 2.87. The molecule has 0 spiro atoms. The molecule has 0 radical (unpaired) electrons. The van der Waals surface area contributed by atoms with Gasteiger partial charge in [0.25, 0.3) is 0 Å². The summed E-state index contributed by atoms with van der Waals surface area (Å²) in [7, 11) is 0. The van der Waals surface area contributed by atoms with E-state index >= 15 is 0 Å². The van der Waals surface area contributed by atoms with E-state index in [-0.39, 0.29) is 5.54 Å². The molecule has 1 aromatic heterocycles. The van der Waals surface area contributed by atoms with Crippen molar-refractivity contribution < 1.29 is 0 Å². The van der Waals surface area contributed by atoms with E-state index in [2.05, 4.69) is 40.1 Å². The number of halogens is 1. The number of pyridine rings is 1. The van der Waals surface area contributed by atoms with Crippen LogP contribution in [0.2, 0.25) is 0 Å². The number of hydrogen-bond donors (Lipinski definition) is 2. The quantitative estimate of drug-likeness (QED) is 0.874. The summed E-state index contributed by atoms with van der Waals surface area (Å²) in [6.07, 6.45) is 1.78. The largest absolute Gasteiger partial charge is 0.364 e. The van der Waals surface area contributed by atoms with Gasteiger partial charge in [-0.05, 0) is 48.3 Å². The van der Waals surface area contributed by atoms with Crippen molar-refractivity contribution in [2.45, 2.75) is 26.3 Å². The molecule has 0 saturated carbocycles. The molecule has 4 heteroatoms. The number of nitrogens with zero attached hydrogens (tertiary/aromatic N) is 1. The van der Waals surface area contributed by atoms with Crippen molar-refractivity contribution in [2.75, 3.05) is 11.9 Å². The molecule has 0 amide bonds. The predicted molar refractivity (Wildman–Crippen MR) is 63.4 cm³/mol. The number of aryl methyl sites for hydroxylation is 1. The molecule has 3 N–H and O–H groups in total. The highest BCUT2D eigenvalue weighted by molar-refractivity contribution is 9.10. The molecule has 78 valence electrons. The lowest BCUT2D eigenvalue weighted by Crippen LogP contribution is -2.39. The Bertz CT molecular complexity index is 323. The van der Waals surface area contributed by atoms with Crippen LogP contribution in [-0.4, -0.2) is 17.1 Å². The van der Waals surface area contributed by atoms with E-state index in [0.717, 1.165) is 15.9 Å². The first-order valence-electron chi connectivity index (χ1n) is 4.55. The molecule has 0 unspecified atom stereocenters. The van der Waals surface area contributed by atoms with Crippen LogP contribution in [0.4, 0.5) is 5.82 Å². The number of aromatic nitrogens is 1. The van der Waals surface area contributed by atoms with Crippen molar-refractivity contribution in [1.82, 2.24) is 4.98 Å². The minimum absolute atomic E-state index is 0.119. The van der Waals surface area contributed by atoms with E-state index < -0.39 is 0 Å². The van der Waals surface area contributed by atoms with Gasteiger partial charge in [0.05, 0.1) is 0 Å². The Labute approximate surface area is 93.2 Å². The smallest absolute Gasteiger partial charge is 0.129 e. The molecule has 0 aliphatic rings. The molecule has 14 heavy (non-hydrogen) atoms. The summed E-state index contributed by atoms with van der Waals surface area (Å²) in [6.45, 7) is 6.70. The third-order valence-electron chi connectivity index (χ3n) is 2.01. The van der Waals surface area contributed by atoms with Gasteiger partial charge in [-0.3, -0.25) is 0 Å². The molecule has 1 heterocycles. The second-order valence-electron chi connectivity index (χ2n) is 4.03. The van der Waals surface area contributed by atoms with Gasteiger partial charge in [0.2, 0.25) is 0 Å². The predicted octanol–water partition coefficient (Wildman–Crippen LogP) is 2.30. The molecular formula is C10H16BrN3. The molecule has 0 fully saturated rings. The topological polar surface area (TPSA) is 50.9 Å². The van der Waals surface area contributed by atoms with Gasteiger partial charge in [-0.2, -0.15) is 0 Å². The van der Waals surface area contributed by atoms with E-state index in [1.165, 1.54) is 0 Å². The molecule has 0 aromatic carbocycles. The van der Waals surface area contributed by atoms with Crippen LogP contribution in [0.5, 0.6) is 0 Å². The van der Waals surface area contributed by atoms with Crippen molar-refractivity contribution in [1.29, 1.82) is 0 Å². The summed E-state index contributed by atoms with van der Waals surface area (Å²) in [6, 6.07) is 2.03. The van der Waals surface area contributed by atoms with Gasteiger partial charge in [0.15, 0.2) is 0 Å². The molecule has 1 aromatic rings. The van der Waals surface area contributed by atoms with E-state index in [0.29, 0.717) is 6.54 Å². The molecule has 0 aliphatic carbocycles. The zero-order valence-corrected chi connectivity index (χ0v) is 10.4. The van der Waals surface area contributed by atoms with Crippen LogP contribution in [0.15, 0.2) is 16.7 Å². The molecule has 0 saturated heterocycles. The van der Waals surface area contributed by atoms with E-state index in [1.807, 2.05) is 13.0 Å². The highest BCUT2D eigenvalue weighted by Crippen LogP contribution is 2.19. The van der Waals surface area contributed by atoms with Crippen LogP contribution in [0.1, 0.15) is 19.4 Å². The number of anilines is 1. The Morgan fingerprint density at radius 1 is 1.57 bits per heavy atom. The minimum Gasteiger partial charge on any atom is -0.364 e. The number of nitrogens with two attached hydrogens (primary N) is 1. The molecule has 3 nitrogen and oxygen atoms in total. The second kappa shape index (κ2) is 4.28. The number of hydrogen-bond acceptors (Lipinski definition) is 3. The summed E-state index contributed by atoms with van der Waals surface area (Å²) in [5.41, 5.74) is 6.63. The van der Waals surface area contributed by atoms with Crippen LogP contribution in [0.25, 0.3) is 0 Å². The lowest BCUT2D eigenvalue weighted by atomic mass is 10.1. The summed E-state index contributed by atoms with van der Waals surface area (Å²) in [4.78, 5) is 4.30. The molecule has 0 atom stereocenters. The second-order valence-corrected chi connectivity index (χ2v) is 4.95. The Kier molecular flexibility index (Phi) is 3.50. The maximum atomic E-state index is 5.63. The average Bonchev–Trinajstić information content (AvgIpc) is 2.10. The van der Waals surface area contributed by atoms with Crippen molar-refractivity contribution in [3.63, 3.8) is 0 Å². The zero-order valence-electron chi connectivity index (χ0n) is 8.76. The maximum absolute atomic E-state index is 5.63. The van der Waals surface area contributed by atoms with Crippen LogP contribution in [0, 0.1) is 6.92 Å². The van der Waals surface area contributed by atoms with Crippen LogP contribution < -0.4 is 11.1 Å². The first-order chi connectivity index (χ1) is 6.44. The van der Waals surface area contributed by atoms with Gasteiger partial charge in [0.1, 0.15) is 5.82 Å². The van der Waals surface area contributed by atoms with Crippen molar-refractivity contribution in [3.05, 3.63) is 22.3 Å². The third kappa shape index (κ3) is 2.96. The molecule has 0 bridgehead atoms. The Morgan fingerprint density at radius 3 is 2.71 bits per heavy atom. The zero-order chi connectivity index (χ0) is 10.8. The van der Waals surface area contributed by atoms with E-state index in [4.69, 9.17) is 5.73 Å². The van der Waals surface area contributed by atoms with Gasteiger partial charge >= 0.3 is 0 Å². The highest BCUT2D eigenvalue weighted by atomic mass is 79.9. The van der Waals surface area contributed by atoms with Crippen LogP contribution >= 0.6 is 15.9 Å². The summed E-state index contributed by atoms with van der Waals surface area (Å²) < 4.78 is 0.992. The first kappa shape index (κ1) is 11.5. The summed E-state index contributed by atoms with van der Waals surface area (Å²) in [5, 5.41) is 3.31.